The van der Waals surface area contributed by atoms with Crippen LogP contribution in [0, 0.1) is 0 Å². The molecule has 2 atom stereocenters. The number of ketones is 1. The zero-order valence-electron chi connectivity index (χ0n) is 5.04. The molecule has 2 rings (SSSR count). The van der Waals surface area contributed by atoms with Crippen molar-refractivity contribution in [2.24, 2.45) is 0 Å². The fourth-order valence-electron chi connectivity index (χ4n) is 1.00. The minimum atomic E-state index is -0.371. The zero-order valence-corrected chi connectivity index (χ0v) is 6.63. The molecule has 0 spiro atoms. The first-order chi connectivity index (χ1) is 4.77. The molecule has 3 nitrogen and oxygen atoms in total. The molecule has 54 valence electrons. The van der Waals surface area contributed by atoms with Gasteiger partial charge in [-0.25, -0.2) is 0 Å². The second-order valence-electron chi connectivity index (χ2n) is 2.21. The van der Waals surface area contributed by atoms with Crippen LogP contribution in [-0.2, 0) is 14.3 Å². The van der Waals surface area contributed by atoms with Gasteiger partial charge >= 0.3 is 0 Å². The van der Waals surface area contributed by atoms with Crippen LogP contribution >= 0.6 is 15.9 Å². The smallest absolute Gasteiger partial charge is 0.200 e. The van der Waals surface area contributed by atoms with Gasteiger partial charge in [0.05, 0.1) is 11.1 Å². The van der Waals surface area contributed by atoms with E-state index in [0.29, 0.717) is 11.1 Å². The molecule has 0 saturated carbocycles. The molecular weight excluding hydrogens is 200 g/mol. The minimum absolute atomic E-state index is 0.0197. The van der Waals surface area contributed by atoms with Crippen molar-refractivity contribution >= 4 is 21.7 Å². The zero-order chi connectivity index (χ0) is 7.14. The van der Waals surface area contributed by atoms with Crippen LogP contribution in [0.5, 0.6) is 0 Å². The van der Waals surface area contributed by atoms with Crippen LogP contribution in [0.3, 0.4) is 0 Å². The largest absolute Gasteiger partial charge is 0.346 e. The van der Waals surface area contributed by atoms with Crippen LogP contribution in [0.2, 0.25) is 0 Å². The molecule has 0 aromatic carbocycles. The van der Waals surface area contributed by atoms with E-state index in [1.807, 2.05) is 0 Å². The summed E-state index contributed by atoms with van der Waals surface area (Å²) in [4.78, 5) is 11.1. The lowest BCUT2D eigenvalue weighted by Gasteiger charge is -2.12. The van der Waals surface area contributed by atoms with E-state index in [0.717, 1.165) is 0 Å². The van der Waals surface area contributed by atoms with Crippen LogP contribution in [0.15, 0.2) is 10.6 Å². The summed E-state index contributed by atoms with van der Waals surface area (Å²) in [5.41, 5.74) is 0. The molecule has 0 aromatic heterocycles. The highest BCUT2D eigenvalue weighted by Gasteiger charge is 2.36. The Labute approximate surface area is 66.1 Å². The van der Waals surface area contributed by atoms with E-state index in [2.05, 4.69) is 15.9 Å². The first-order valence-electron chi connectivity index (χ1n) is 2.96. The van der Waals surface area contributed by atoms with Crippen molar-refractivity contribution in [3.05, 3.63) is 10.6 Å². The normalized spacial score (nSPS) is 38.1. The van der Waals surface area contributed by atoms with Crippen molar-refractivity contribution in [1.29, 1.82) is 0 Å². The van der Waals surface area contributed by atoms with E-state index in [9.17, 15) is 4.79 Å². The van der Waals surface area contributed by atoms with Crippen LogP contribution in [0.25, 0.3) is 0 Å². The van der Waals surface area contributed by atoms with Gasteiger partial charge in [-0.2, -0.15) is 0 Å². The van der Waals surface area contributed by atoms with Crippen molar-refractivity contribution in [2.45, 2.75) is 12.4 Å². The number of fused-ring (bicyclic) bond motifs is 2. The number of halogens is 1. The van der Waals surface area contributed by atoms with Gasteiger partial charge in [0.25, 0.3) is 0 Å². The lowest BCUT2D eigenvalue weighted by atomic mass is 10.2. The minimum Gasteiger partial charge on any atom is -0.346 e. The summed E-state index contributed by atoms with van der Waals surface area (Å²) in [7, 11) is 0. The predicted octanol–water partition coefficient (Wildman–Crippen LogP) is 0.589. The van der Waals surface area contributed by atoms with Gasteiger partial charge in [0.1, 0.15) is 6.10 Å². The molecular formula is C6H5BrO3. The van der Waals surface area contributed by atoms with Crippen LogP contribution in [0.1, 0.15) is 0 Å². The second kappa shape index (κ2) is 2.15. The van der Waals surface area contributed by atoms with E-state index in [4.69, 9.17) is 9.47 Å². The molecule has 2 bridgehead atoms. The van der Waals surface area contributed by atoms with Gasteiger partial charge in [-0.3, -0.25) is 4.79 Å². The number of Topliss-reactive ketones (excluding diaryl/α,β-unsaturated/α-hetero) is 1. The van der Waals surface area contributed by atoms with Crippen molar-refractivity contribution in [2.75, 3.05) is 6.61 Å². The third kappa shape index (κ3) is 0.836. The van der Waals surface area contributed by atoms with Gasteiger partial charge in [0.15, 0.2) is 6.29 Å². The molecule has 2 heterocycles. The standard InChI is InChI=1S/C6H5BrO3/c7-3-1-5-9-2-4(10-5)6(3)8/h1,4-5H,2H2/t4-,5-/m1/s1. The number of carbonyl (C=O) groups excluding carboxylic acids is 1. The van der Waals surface area contributed by atoms with Crippen LogP contribution in [0.4, 0.5) is 0 Å². The summed E-state index contributed by atoms with van der Waals surface area (Å²) in [6.07, 6.45) is 0.952. The monoisotopic (exact) mass is 204 g/mol. The molecule has 1 saturated heterocycles. The third-order valence-corrected chi connectivity index (χ3v) is 2.18. The van der Waals surface area contributed by atoms with Gasteiger partial charge in [-0.15, -0.1) is 0 Å². The van der Waals surface area contributed by atoms with Gasteiger partial charge in [0.2, 0.25) is 5.78 Å². The molecule has 0 aliphatic carbocycles. The molecule has 1 fully saturated rings. The van der Waals surface area contributed by atoms with Gasteiger partial charge in [-0.05, 0) is 22.0 Å². The Bertz CT molecular complexity index is 211. The summed E-state index contributed by atoms with van der Waals surface area (Å²) in [5.74, 6) is -0.0197. The van der Waals surface area contributed by atoms with E-state index >= 15 is 0 Å². The lowest BCUT2D eigenvalue weighted by Crippen LogP contribution is -2.26. The first kappa shape index (κ1) is 6.52. The van der Waals surface area contributed by atoms with Gasteiger partial charge in [0, 0.05) is 0 Å². The molecule has 2 aliphatic rings. The molecule has 0 radical (unpaired) electrons. The Morgan fingerprint density at radius 1 is 1.70 bits per heavy atom. The molecule has 0 aromatic rings. The number of ether oxygens (including phenoxy) is 2. The fraction of sp³-hybridized carbons (Fsp3) is 0.500. The van der Waals surface area contributed by atoms with Crippen molar-refractivity contribution in [3.63, 3.8) is 0 Å². The quantitative estimate of drug-likeness (QED) is 0.580. The van der Waals surface area contributed by atoms with Gasteiger partial charge < -0.3 is 9.47 Å². The Morgan fingerprint density at radius 2 is 2.50 bits per heavy atom. The second-order valence-corrected chi connectivity index (χ2v) is 3.06. The van der Waals surface area contributed by atoms with Crippen LogP contribution < -0.4 is 0 Å². The average molecular weight is 205 g/mol. The Hall–Kier alpha value is -0.190. The summed E-state index contributed by atoms with van der Waals surface area (Å²) in [6.45, 7) is 0.384. The van der Waals surface area contributed by atoms with E-state index in [1.54, 1.807) is 6.08 Å². The molecule has 0 N–H and O–H groups in total. The average Bonchev–Trinajstić information content (AvgIpc) is 2.29. The summed E-state index contributed by atoms with van der Waals surface area (Å²) < 4.78 is 10.7. The van der Waals surface area contributed by atoms with Crippen molar-refractivity contribution in [3.8, 4) is 0 Å². The molecule has 2 aliphatic heterocycles. The molecule has 4 heteroatoms. The van der Waals surface area contributed by atoms with Crippen LogP contribution in [-0.4, -0.2) is 24.8 Å². The summed E-state index contributed by atoms with van der Waals surface area (Å²) in [6, 6.07) is 0. The molecule has 0 amide bonds. The van der Waals surface area contributed by atoms with Crippen molar-refractivity contribution < 1.29 is 14.3 Å². The maximum atomic E-state index is 11.1. The predicted molar refractivity (Wildman–Crippen MR) is 36.6 cm³/mol. The summed E-state index contributed by atoms with van der Waals surface area (Å²) >= 11 is 3.13. The highest BCUT2D eigenvalue weighted by atomic mass is 79.9. The molecule has 10 heavy (non-hydrogen) atoms. The fourth-order valence-corrected chi connectivity index (χ4v) is 1.47. The number of rotatable bonds is 0. The first-order valence-corrected chi connectivity index (χ1v) is 3.75. The van der Waals surface area contributed by atoms with E-state index < -0.39 is 0 Å². The highest BCUT2D eigenvalue weighted by Crippen LogP contribution is 2.26. The highest BCUT2D eigenvalue weighted by molar-refractivity contribution is 9.12. The van der Waals surface area contributed by atoms with Gasteiger partial charge in [-0.1, -0.05) is 0 Å². The Balaban J connectivity index is 2.33. The Kier molecular flexibility index (Phi) is 1.40. The van der Waals surface area contributed by atoms with E-state index in [-0.39, 0.29) is 18.2 Å². The third-order valence-electron chi connectivity index (χ3n) is 1.52. The Morgan fingerprint density at radius 3 is 3.30 bits per heavy atom. The summed E-state index contributed by atoms with van der Waals surface area (Å²) in [5, 5.41) is 0. The number of carbonyl (C=O) groups is 1. The topological polar surface area (TPSA) is 35.5 Å². The lowest BCUT2D eigenvalue weighted by molar-refractivity contribution is -0.126. The maximum absolute atomic E-state index is 11.1. The van der Waals surface area contributed by atoms with Crippen molar-refractivity contribution in [1.82, 2.24) is 0 Å². The molecule has 0 unspecified atom stereocenters. The number of hydrogen-bond donors (Lipinski definition) is 0. The SMILES string of the molecule is O=C1C(Br)=C[C@@H]2OC[C@H]1O2. The number of hydrogen-bond acceptors (Lipinski definition) is 3. The maximum Gasteiger partial charge on any atom is 0.200 e. The van der Waals surface area contributed by atoms with E-state index in [1.165, 1.54) is 0 Å².